The zero-order valence-electron chi connectivity index (χ0n) is 19.4. The average Bonchev–Trinajstić information content (AvgIpc) is 2.88. The number of aryl methyl sites for hydroxylation is 1. The van der Waals surface area contributed by atoms with Crippen LogP contribution in [0.15, 0.2) is 110 Å². The zero-order valence-corrected chi connectivity index (χ0v) is 22.5. The molecule has 0 fully saturated rings. The first-order valence-corrected chi connectivity index (χ1v) is 12.9. The summed E-state index contributed by atoms with van der Waals surface area (Å²) in [6.07, 6.45) is 1.64. The molecule has 0 saturated carbocycles. The van der Waals surface area contributed by atoms with E-state index in [1.54, 1.807) is 12.3 Å². The predicted molar refractivity (Wildman–Crippen MR) is 152 cm³/mol. The molecule has 0 N–H and O–H groups in total. The van der Waals surface area contributed by atoms with Crippen molar-refractivity contribution in [2.24, 2.45) is 5.10 Å². The monoisotopic (exact) mass is 601 g/mol. The van der Waals surface area contributed by atoms with E-state index in [0.717, 1.165) is 25.6 Å². The van der Waals surface area contributed by atoms with Gasteiger partial charge in [-0.25, -0.2) is 4.98 Å². The summed E-state index contributed by atoms with van der Waals surface area (Å²) in [6, 6.07) is 28.9. The van der Waals surface area contributed by atoms with Gasteiger partial charge in [0.15, 0.2) is 5.82 Å². The van der Waals surface area contributed by atoms with Crippen molar-refractivity contribution in [3.05, 3.63) is 127 Å². The molecule has 0 amide bonds. The van der Waals surface area contributed by atoms with E-state index < -0.39 is 0 Å². The molecular formula is C29H21Br2N3O2. The quantitative estimate of drug-likeness (QED) is 0.191. The number of nitrogens with zero attached hydrogens (tertiary/aromatic N) is 3. The summed E-state index contributed by atoms with van der Waals surface area (Å²) in [5.41, 5.74) is 4.28. The lowest BCUT2D eigenvalue weighted by Crippen LogP contribution is -2.20. The van der Waals surface area contributed by atoms with Crippen LogP contribution < -0.4 is 10.3 Å². The summed E-state index contributed by atoms with van der Waals surface area (Å²) >= 11 is 7.23. The van der Waals surface area contributed by atoms with E-state index in [9.17, 15) is 4.79 Å². The van der Waals surface area contributed by atoms with Crippen molar-refractivity contribution in [1.82, 2.24) is 9.66 Å². The molecule has 0 bridgehead atoms. The number of benzene rings is 4. The average molecular weight is 603 g/mol. The number of hydrogen-bond donors (Lipinski definition) is 0. The van der Waals surface area contributed by atoms with Gasteiger partial charge >= 0.3 is 0 Å². The molecule has 5 nitrogen and oxygen atoms in total. The van der Waals surface area contributed by atoms with Gasteiger partial charge in [-0.1, -0.05) is 72.3 Å². The highest BCUT2D eigenvalue weighted by Gasteiger charge is 2.13. The van der Waals surface area contributed by atoms with Crippen molar-refractivity contribution in [3.8, 4) is 17.1 Å². The number of rotatable bonds is 6. The summed E-state index contributed by atoms with van der Waals surface area (Å²) in [6.45, 7) is 2.51. The maximum Gasteiger partial charge on any atom is 0.282 e. The Morgan fingerprint density at radius 2 is 1.64 bits per heavy atom. The first-order valence-electron chi connectivity index (χ1n) is 11.3. The molecule has 0 aliphatic rings. The molecule has 5 rings (SSSR count). The second-order valence-electron chi connectivity index (χ2n) is 8.27. The fourth-order valence-corrected chi connectivity index (χ4v) is 5.33. The van der Waals surface area contributed by atoms with Crippen LogP contribution in [0.5, 0.6) is 5.75 Å². The highest BCUT2D eigenvalue weighted by Crippen LogP contribution is 2.35. The van der Waals surface area contributed by atoms with Crippen molar-refractivity contribution in [2.45, 2.75) is 13.5 Å². The first kappa shape index (κ1) is 24.2. The summed E-state index contributed by atoms with van der Waals surface area (Å²) < 4.78 is 8.97. The van der Waals surface area contributed by atoms with E-state index >= 15 is 0 Å². The lowest BCUT2D eigenvalue weighted by atomic mass is 10.1. The molecule has 5 aromatic rings. The topological polar surface area (TPSA) is 56.5 Å². The minimum absolute atomic E-state index is 0.230. The van der Waals surface area contributed by atoms with E-state index in [0.29, 0.717) is 29.1 Å². The molecule has 178 valence electrons. The van der Waals surface area contributed by atoms with E-state index in [4.69, 9.17) is 9.72 Å². The van der Waals surface area contributed by atoms with Crippen LogP contribution in [0.2, 0.25) is 0 Å². The van der Waals surface area contributed by atoms with Gasteiger partial charge in [-0.3, -0.25) is 4.79 Å². The maximum absolute atomic E-state index is 13.3. The van der Waals surface area contributed by atoms with E-state index in [2.05, 4.69) is 56.0 Å². The second kappa shape index (κ2) is 10.6. The van der Waals surface area contributed by atoms with Gasteiger partial charge < -0.3 is 4.74 Å². The Bertz CT molecular complexity index is 1620. The molecule has 0 atom stereocenters. The predicted octanol–water partition coefficient (Wildman–Crippen LogP) is 7.36. The zero-order chi connectivity index (χ0) is 25.1. The van der Waals surface area contributed by atoms with E-state index in [1.165, 1.54) is 10.2 Å². The van der Waals surface area contributed by atoms with Crippen LogP contribution in [0.3, 0.4) is 0 Å². The highest BCUT2D eigenvalue weighted by molar-refractivity contribution is 9.11. The molecule has 7 heteroatoms. The van der Waals surface area contributed by atoms with Crippen molar-refractivity contribution >= 4 is 49.0 Å². The van der Waals surface area contributed by atoms with Crippen LogP contribution in [-0.2, 0) is 6.61 Å². The maximum atomic E-state index is 13.3. The molecule has 1 heterocycles. The van der Waals surface area contributed by atoms with Gasteiger partial charge in [0.1, 0.15) is 12.4 Å². The SMILES string of the molecule is Cc1cccc(COc2c(Br)cc(C=Nn3c(-c4ccccc4)nc4ccccc4c3=O)cc2Br)c1. The summed E-state index contributed by atoms with van der Waals surface area (Å²) in [5.74, 6) is 1.18. The minimum atomic E-state index is -0.230. The smallest absolute Gasteiger partial charge is 0.282 e. The third-order valence-electron chi connectivity index (χ3n) is 5.59. The number of aromatic nitrogens is 2. The molecule has 0 aliphatic carbocycles. The van der Waals surface area contributed by atoms with Crippen molar-refractivity contribution in [2.75, 3.05) is 0 Å². The van der Waals surface area contributed by atoms with Gasteiger partial charge in [0.2, 0.25) is 0 Å². The Kier molecular flexibility index (Phi) is 7.11. The Morgan fingerprint density at radius 1 is 0.917 bits per heavy atom. The third kappa shape index (κ3) is 5.17. The number of para-hydroxylation sites is 1. The van der Waals surface area contributed by atoms with Crippen LogP contribution in [-0.4, -0.2) is 15.9 Å². The third-order valence-corrected chi connectivity index (χ3v) is 6.77. The fraction of sp³-hybridized carbons (Fsp3) is 0.0690. The largest absolute Gasteiger partial charge is 0.487 e. The van der Waals surface area contributed by atoms with Gasteiger partial charge in [0.05, 0.1) is 26.1 Å². The Hall–Kier alpha value is -3.55. The normalized spacial score (nSPS) is 11.3. The van der Waals surface area contributed by atoms with Crippen LogP contribution in [0, 0.1) is 6.92 Å². The molecule has 4 aromatic carbocycles. The first-order chi connectivity index (χ1) is 17.5. The Labute approximate surface area is 225 Å². The fourth-order valence-electron chi connectivity index (χ4n) is 3.88. The Morgan fingerprint density at radius 3 is 2.39 bits per heavy atom. The highest BCUT2D eigenvalue weighted by atomic mass is 79.9. The molecule has 36 heavy (non-hydrogen) atoms. The lowest BCUT2D eigenvalue weighted by Gasteiger charge is -2.12. The number of halogens is 2. The van der Waals surface area contributed by atoms with Gasteiger partial charge in [0, 0.05) is 5.56 Å². The molecule has 0 radical (unpaired) electrons. The van der Waals surface area contributed by atoms with Crippen molar-refractivity contribution < 1.29 is 4.74 Å². The standard InChI is InChI=1S/C29H21Br2N3O2/c1-19-8-7-9-20(14-19)18-36-27-24(30)15-21(16-25(27)31)17-32-34-28(22-10-3-2-4-11-22)33-26-13-6-5-12-23(26)29(34)35/h2-17H,18H2,1H3. The molecule has 0 aliphatic heterocycles. The van der Waals surface area contributed by atoms with Crippen LogP contribution in [0.1, 0.15) is 16.7 Å². The van der Waals surface area contributed by atoms with Gasteiger partial charge in [-0.05, 0) is 74.2 Å². The minimum Gasteiger partial charge on any atom is -0.487 e. The number of ether oxygens (including phenoxy) is 1. The van der Waals surface area contributed by atoms with Gasteiger partial charge in [0.25, 0.3) is 5.56 Å². The van der Waals surface area contributed by atoms with Crippen LogP contribution in [0.4, 0.5) is 0 Å². The molecule has 0 spiro atoms. The molecule has 1 aromatic heterocycles. The summed E-state index contributed by atoms with van der Waals surface area (Å²) in [4.78, 5) is 18.1. The summed E-state index contributed by atoms with van der Waals surface area (Å²) in [5, 5.41) is 5.06. The van der Waals surface area contributed by atoms with Gasteiger partial charge in [-0.15, -0.1) is 0 Å². The molecule has 0 unspecified atom stereocenters. The number of fused-ring (bicyclic) bond motifs is 1. The number of hydrogen-bond acceptors (Lipinski definition) is 4. The van der Waals surface area contributed by atoms with Crippen molar-refractivity contribution in [1.29, 1.82) is 0 Å². The lowest BCUT2D eigenvalue weighted by molar-refractivity contribution is 0.302. The van der Waals surface area contributed by atoms with Crippen molar-refractivity contribution in [3.63, 3.8) is 0 Å². The van der Waals surface area contributed by atoms with E-state index in [1.807, 2.05) is 72.8 Å². The Balaban J connectivity index is 1.49. The van der Waals surface area contributed by atoms with E-state index in [-0.39, 0.29) is 5.56 Å². The molecular weight excluding hydrogens is 582 g/mol. The van der Waals surface area contributed by atoms with Gasteiger partial charge in [-0.2, -0.15) is 9.78 Å². The second-order valence-corrected chi connectivity index (χ2v) is 9.98. The van der Waals surface area contributed by atoms with Crippen LogP contribution >= 0.6 is 31.9 Å². The summed E-state index contributed by atoms with van der Waals surface area (Å²) in [7, 11) is 0. The van der Waals surface area contributed by atoms with Crippen LogP contribution in [0.25, 0.3) is 22.3 Å². The molecule has 0 saturated heterocycles.